The molecule has 0 spiro atoms. The fourth-order valence-electron chi connectivity index (χ4n) is 9.72. The van der Waals surface area contributed by atoms with E-state index in [9.17, 15) is 24.0 Å². The summed E-state index contributed by atoms with van der Waals surface area (Å²) in [5.41, 5.74) is 3.67. The molecule has 1 heterocycles. The van der Waals surface area contributed by atoms with E-state index < -0.39 is 24.0 Å². The second kappa shape index (κ2) is 24.7. The third-order valence-electron chi connectivity index (χ3n) is 12.9. The van der Waals surface area contributed by atoms with Crippen LogP contribution in [0.4, 0.5) is 0 Å². The van der Waals surface area contributed by atoms with Gasteiger partial charge in [0.25, 0.3) is 0 Å². The monoisotopic (exact) mass is 855 g/mol. The topological polar surface area (TPSA) is 149 Å². The molecule has 4 atom stereocenters. The van der Waals surface area contributed by atoms with Crippen molar-refractivity contribution in [1.29, 1.82) is 0 Å². The summed E-state index contributed by atoms with van der Waals surface area (Å²) < 4.78 is 0. The van der Waals surface area contributed by atoms with E-state index in [1.165, 1.54) is 6.42 Å². The van der Waals surface area contributed by atoms with E-state index in [-0.39, 0.29) is 35.5 Å². The van der Waals surface area contributed by atoms with Gasteiger partial charge >= 0.3 is 0 Å². The van der Waals surface area contributed by atoms with Crippen molar-refractivity contribution in [1.82, 2.24) is 31.5 Å². The average Bonchev–Trinajstić information content (AvgIpc) is 3.83. The molecule has 1 saturated carbocycles. The fraction of sp³-hybridized carbons (Fsp3) is 0.442. The summed E-state index contributed by atoms with van der Waals surface area (Å²) in [4.78, 5) is 70.1. The van der Waals surface area contributed by atoms with Gasteiger partial charge in [0.1, 0.15) is 18.1 Å². The number of benzene rings is 4. The lowest BCUT2D eigenvalue weighted by molar-refractivity contribution is -0.144. The van der Waals surface area contributed by atoms with Crippen molar-refractivity contribution in [2.24, 2.45) is 11.8 Å². The van der Waals surface area contributed by atoms with Crippen LogP contribution in [0, 0.1) is 11.8 Å². The van der Waals surface area contributed by atoms with E-state index in [0.717, 1.165) is 73.6 Å². The van der Waals surface area contributed by atoms with Gasteiger partial charge < -0.3 is 31.5 Å². The van der Waals surface area contributed by atoms with Crippen LogP contribution in [0.2, 0.25) is 0 Å². The summed E-state index contributed by atoms with van der Waals surface area (Å²) >= 11 is 0. The first-order valence-electron chi connectivity index (χ1n) is 23.1. The molecule has 4 unspecified atom stereocenters. The molecule has 1 aliphatic heterocycles. The molecule has 1 aliphatic carbocycles. The number of carbonyl (C=O) groups excluding carboxylic acids is 5. The Morgan fingerprint density at radius 2 is 1.06 bits per heavy atom. The Morgan fingerprint density at radius 1 is 0.603 bits per heavy atom. The Kier molecular flexibility index (Phi) is 18.3. The molecule has 6 rings (SSSR count). The zero-order valence-electron chi connectivity index (χ0n) is 36.8. The Labute approximate surface area is 373 Å². The molecule has 1 saturated heterocycles. The van der Waals surface area contributed by atoms with E-state index in [0.29, 0.717) is 51.3 Å². The van der Waals surface area contributed by atoms with Crippen LogP contribution in [0.25, 0.3) is 0 Å². The van der Waals surface area contributed by atoms with Crippen molar-refractivity contribution in [3.63, 3.8) is 0 Å². The highest BCUT2D eigenvalue weighted by atomic mass is 16.2. The highest BCUT2D eigenvalue weighted by molar-refractivity contribution is 5.94. The van der Waals surface area contributed by atoms with Gasteiger partial charge in [-0.15, -0.1) is 0 Å². The van der Waals surface area contributed by atoms with Crippen LogP contribution in [0.5, 0.6) is 0 Å². The van der Waals surface area contributed by atoms with Gasteiger partial charge in [-0.3, -0.25) is 24.0 Å². The van der Waals surface area contributed by atoms with E-state index in [4.69, 9.17) is 0 Å². The van der Waals surface area contributed by atoms with Gasteiger partial charge in [-0.2, -0.15) is 0 Å². The standard InChI is InChI=1S/C52H66N6O5/c1-53-36-43(38-22-9-4-10-23-38)52(63)58-35-21-32-44(58)49(60)57-48(46(41-28-15-7-16-29-41)42-30-17-8-18-31-42)51(62)55-34-20-3-2-19-33-54-50(61)47(56-37-59)45(39-24-11-5-12-25-39)40-26-13-6-14-27-40/h5-8,11-18,24-31,37-38,43-48,53H,2-4,9-10,19-23,32-36H2,1H3,(H,54,61)(H,55,62)(H,56,59)(H,57,60). The Hall–Kier alpha value is -5.81. The molecule has 5 N–H and O–H groups in total. The summed E-state index contributed by atoms with van der Waals surface area (Å²) in [6.07, 6.45) is 10.5. The number of rotatable bonds is 23. The second-order valence-electron chi connectivity index (χ2n) is 17.1. The molecule has 4 aromatic rings. The number of hydrogen-bond donors (Lipinski definition) is 5. The number of unbranched alkanes of at least 4 members (excludes halogenated alkanes) is 3. The number of hydrogen-bond acceptors (Lipinski definition) is 6. The Morgan fingerprint density at radius 3 is 1.52 bits per heavy atom. The fourth-order valence-corrected chi connectivity index (χ4v) is 9.72. The number of likely N-dealkylation sites (tertiary alicyclic amines) is 1. The molecule has 0 aromatic heterocycles. The van der Waals surface area contributed by atoms with Crippen LogP contribution in [0.15, 0.2) is 121 Å². The van der Waals surface area contributed by atoms with Crippen LogP contribution in [-0.2, 0) is 24.0 Å². The van der Waals surface area contributed by atoms with Crippen LogP contribution in [-0.4, -0.2) is 86.3 Å². The van der Waals surface area contributed by atoms with Crippen LogP contribution >= 0.6 is 0 Å². The highest BCUT2D eigenvalue weighted by Crippen LogP contribution is 2.34. The summed E-state index contributed by atoms with van der Waals surface area (Å²) in [7, 11) is 1.88. The van der Waals surface area contributed by atoms with Gasteiger partial charge in [0.2, 0.25) is 30.0 Å². The summed E-state index contributed by atoms with van der Waals surface area (Å²) in [5.74, 6) is -1.49. The third-order valence-corrected chi connectivity index (χ3v) is 12.9. The molecule has 2 aliphatic rings. The first kappa shape index (κ1) is 46.7. The molecule has 0 bridgehead atoms. The minimum atomic E-state index is -0.926. The lowest BCUT2D eigenvalue weighted by atomic mass is 9.79. The minimum absolute atomic E-state index is 0.0400. The van der Waals surface area contributed by atoms with E-state index >= 15 is 0 Å². The van der Waals surface area contributed by atoms with Gasteiger partial charge in [-0.1, -0.05) is 153 Å². The third kappa shape index (κ3) is 12.9. The number of amides is 5. The molecule has 0 radical (unpaired) electrons. The van der Waals surface area contributed by atoms with Gasteiger partial charge in [0, 0.05) is 38.0 Å². The minimum Gasteiger partial charge on any atom is -0.354 e. The van der Waals surface area contributed by atoms with Crippen LogP contribution < -0.4 is 26.6 Å². The summed E-state index contributed by atoms with van der Waals surface area (Å²) in [6, 6.07) is 36.7. The van der Waals surface area contributed by atoms with Crippen molar-refractivity contribution >= 4 is 30.0 Å². The lowest BCUT2D eigenvalue weighted by Gasteiger charge is -2.35. The van der Waals surface area contributed by atoms with Gasteiger partial charge in [-0.25, -0.2) is 0 Å². The predicted molar refractivity (Wildman–Crippen MR) is 248 cm³/mol. The summed E-state index contributed by atoms with van der Waals surface area (Å²) in [5, 5.41) is 15.4. The van der Waals surface area contributed by atoms with E-state index in [2.05, 4.69) is 26.6 Å². The van der Waals surface area contributed by atoms with Crippen molar-refractivity contribution < 1.29 is 24.0 Å². The molecule has 2 fully saturated rings. The van der Waals surface area contributed by atoms with Crippen molar-refractivity contribution in [3.8, 4) is 0 Å². The molecular formula is C52H66N6O5. The zero-order chi connectivity index (χ0) is 44.2. The first-order valence-corrected chi connectivity index (χ1v) is 23.1. The van der Waals surface area contributed by atoms with Crippen LogP contribution in [0.1, 0.15) is 105 Å². The smallest absolute Gasteiger partial charge is 0.243 e. The molecule has 63 heavy (non-hydrogen) atoms. The largest absolute Gasteiger partial charge is 0.354 e. The van der Waals surface area contributed by atoms with E-state index in [1.54, 1.807) is 4.90 Å². The second-order valence-corrected chi connectivity index (χ2v) is 17.1. The average molecular weight is 855 g/mol. The number of carbonyl (C=O) groups is 5. The molecular weight excluding hydrogens is 789 g/mol. The zero-order valence-corrected chi connectivity index (χ0v) is 36.8. The number of nitrogens with one attached hydrogen (secondary N) is 5. The maximum Gasteiger partial charge on any atom is 0.243 e. The lowest BCUT2D eigenvalue weighted by Crippen LogP contribution is -2.56. The van der Waals surface area contributed by atoms with Crippen LogP contribution in [0.3, 0.4) is 0 Å². The highest BCUT2D eigenvalue weighted by Gasteiger charge is 2.42. The van der Waals surface area contributed by atoms with Crippen molar-refractivity contribution in [3.05, 3.63) is 144 Å². The number of nitrogens with zero attached hydrogens (tertiary/aromatic N) is 1. The van der Waals surface area contributed by atoms with Gasteiger partial charge in [0.05, 0.1) is 5.92 Å². The maximum atomic E-state index is 14.4. The SMILES string of the molecule is CNCC(C(=O)N1CCCC1C(=O)NC(C(=O)NCCCCCCNC(=O)C(NC=O)C(c1ccccc1)c1ccccc1)C(c1ccccc1)c1ccccc1)C1CCCCC1. The van der Waals surface area contributed by atoms with Gasteiger partial charge in [0.15, 0.2) is 0 Å². The maximum absolute atomic E-state index is 14.4. The first-order chi connectivity index (χ1) is 30.9. The molecule has 4 aromatic carbocycles. The van der Waals surface area contributed by atoms with E-state index in [1.807, 2.05) is 128 Å². The molecule has 334 valence electrons. The van der Waals surface area contributed by atoms with Gasteiger partial charge in [-0.05, 0) is 73.7 Å². The molecule has 5 amide bonds. The Bertz CT molecular complexity index is 1930. The summed E-state index contributed by atoms with van der Waals surface area (Å²) in [6.45, 7) is 1.97. The molecule has 11 heteroatoms. The Balaban J connectivity index is 1.07. The predicted octanol–water partition coefficient (Wildman–Crippen LogP) is 6.45. The quantitative estimate of drug-likeness (QED) is 0.0428. The van der Waals surface area contributed by atoms with Crippen molar-refractivity contribution in [2.75, 3.05) is 33.2 Å². The molecule has 11 nitrogen and oxygen atoms in total. The van der Waals surface area contributed by atoms with Crippen molar-refractivity contribution in [2.45, 2.75) is 101 Å². The normalized spacial score (nSPS) is 16.8.